The van der Waals surface area contributed by atoms with Gasteiger partial charge >= 0.3 is 11.9 Å². The van der Waals surface area contributed by atoms with Gasteiger partial charge in [0.2, 0.25) is 5.91 Å². The lowest BCUT2D eigenvalue weighted by molar-refractivity contribution is -0.143. The lowest BCUT2D eigenvalue weighted by Gasteiger charge is -2.14. The van der Waals surface area contributed by atoms with Gasteiger partial charge in [-0.2, -0.15) is 0 Å². The molecule has 6 heteroatoms. The number of amides is 1. The molecule has 0 aliphatic rings. The van der Waals surface area contributed by atoms with Crippen molar-refractivity contribution >= 4 is 17.8 Å². The molecule has 1 amide bonds. The Bertz CT molecular complexity index is 348. The Morgan fingerprint density at radius 3 is 2.44 bits per heavy atom. The van der Waals surface area contributed by atoms with Crippen LogP contribution < -0.4 is 5.32 Å². The van der Waals surface area contributed by atoms with Gasteiger partial charge in [0, 0.05) is 12.0 Å². The molecule has 0 aromatic rings. The highest BCUT2D eigenvalue weighted by atomic mass is 16.5. The fraction of sp³-hybridized carbons (Fsp3) is 0.583. The van der Waals surface area contributed by atoms with E-state index >= 15 is 0 Å². The number of esters is 1. The summed E-state index contributed by atoms with van der Waals surface area (Å²) in [5.41, 5.74) is 0.460. The van der Waals surface area contributed by atoms with Crippen LogP contribution in [0.2, 0.25) is 0 Å². The zero-order valence-electron chi connectivity index (χ0n) is 10.9. The third-order valence-electron chi connectivity index (χ3n) is 2.34. The second-order valence-corrected chi connectivity index (χ2v) is 3.77. The number of ether oxygens (including phenoxy) is 1. The molecule has 0 heterocycles. The Hall–Kier alpha value is -1.85. The van der Waals surface area contributed by atoms with E-state index in [1.54, 1.807) is 13.0 Å². The van der Waals surface area contributed by atoms with Crippen LogP contribution >= 0.6 is 0 Å². The maximum absolute atomic E-state index is 11.6. The van der Waals surface area contributed by atoms with Crippen LogP contribution in [-0.2, 0) is 19.1 Å². The molecule has 6 nitrogen and oxygen atoms in total. The first-order valence-corrected chi connectivity index (χ1v) is 5.69. The maximum atomic E-state index is 11.6. The average Bonchev–Trinajstić information content (AvgIpc) is 2.33. The van der Waals surface area contributed by atoms with Crippen molar-refractivity contribution in [3.05, 3.63) is 11.6 Å². The van der Waals surface area contributed by atoms with Gasteiger partial charge in [-0.15, -0.1) is 0 Å². The van der Waals surface area contributed by atoms with E-state index in [-0.39, 0.29) is 12.8 Å². The topological polar surface area (TPSA) is 92.7 Å². The van der Waals surface area contributed by atoms with Gasteiger partial charge in [0.15, 0.2) is 0 Å². The van der Waals surface area contributed by atoms with Crippen molar-refractivity contribution < 1.29 is 24.2 Å². The zero-order valence-corrected chi connectivity index (χ0v) is 10.9. The van der Waals surface area contributed by atoms with E-state index in [0.29, 0.717) is 12.0 Å². The number of hydrogen-bond donors (Lipinski definition) is 2. The fourth-order valence-corrected chi connectivity index (χ4v) is 1.29. The summed E-state index contributed by atoms with van der Waals surface area (Å²) in [5.74, 6) is -2.11. The molecular formula is C12H19NO5. The van der Waals surface area contributed by atoms with Crippen molar-refractivity contribution in [2.24, 2.45) is 0 Å². The van der Waals surface area contributed by atoms with E-state index in [1.807, 2.05) is 6.92 Å². The van der Waals surface area contributed by atoms with Crippen LogP contribution in [0.5, 0.6) is 0 Å². The normalized spacial score (nSPS) is 12.7. The van der Waals surface area contributed by atoms with E-state index in [1.165, 1.54) is 7.11 Å². The SMILES string of the molecule is CC/C=C(/C)C(=O)N[C@@H](CCC(=O)OC)C(=O)O. The van der Waals surface area contributed by atoms with E-state index in [0.717, 1.165) is 0 Å². The number of allylic oxidation sites excluding steroid dienone is 1. The standard InChI is InChI=1S/C12H19NO5/c1-4-5-8(2)11(15)13-9(12(16)17)6-7-10(14)18-3/h5,9H,4,6-7H2,1-3H3,(H,13,15)(H,16,17)/b8-5-/t9-/m0/s1. The van der Waals surface area contributed by atoms with Gasteiger partial charge in [-0.1, -0.05) is 13.0 Å². The minimum absolute atomic E-state index is 0.00709. The smallest absolute Gasteiger partial charge is 0.326 e. The molecule has 2 N–H and O–H groups in total. The Morgan fingerprint density at radius 1 is 1.39 bits per heavy atom. The zero-order chi connectivity index (χ0) is 14.1. The summed E-state index contributed by atoms with van der Waals surface area (Å²) in [6.45, 7) is 3.49. The predicted octanol–water partition coefficient (Wildman–Crippen LogP) is 0.865. The minimum Gasteiger partial charge on any atom is -0.480 e. The lowest BCUT2D eigenvalue weighted by atomic mass is 10.1. The van der Waals surface area contributed by atoms with Crippen molar-refractivity contribution in [1.82, 2.24) is 5.32 Å². The Kier molecular flexibility index (Phi) is 7.42. The summed E-state index contributed by atoms with van der Waals surface area (Å²) in [5, 5.41) is 11.3. The molecule has 0 radical (unpaired) electrons. The summed E-state index contributed by atoms with van der Waals surface area (Å²) >= 11 is 0. The number of hydrogen-bond acceptors (Lipinski definition) is 4. The van der Waals surface area contributed by atoms with Gasteiger partial charge in [0.05, 0.1) is 7.11 Å². The van der Waals surface area contributed by atoms with E-state index in [2.05, 4.69) is 10.1 Å². The Morgan fingerprint density at radius 2 is 2.00 bits per heavy atom. The quantitative estimate of drug-likeness (QED) is 0.521. The summed E-state index contributed by atoms with van der Waals surface area (Å²) in [6.07, 6.45) is 2.35. The van der Waals surface area contributed by atoms with Crippen molar-refractivity contribution in [3.8, 4) is 0 Å². The van der Waals surface area contributed by atoms with Gasteiger partial charge in [-0.3, -0.25) is 9.59 Å². The Balaban J connectivity index is 4.45. The first-order valence-electron chi connectivity index (χ1n) is 5.69. The largest absolute Gasteiger partial charge is 0.480 e. The number of nitrogens with one attached hydrogen (secondary N) is 1. The average molecular weight is 257 g/mol. The molecule has 0 fully saturated rings. The highest BCUT2D eigenvalue weighted by molar-refractivity contribution is 5.95. The van der Waals surface area contributed by atoms with Gasteiger partial charge in [-0.25, -0.2) is 4.79 Å². The van der Waals surface area contributed by atoms with Crippen LogP contribution in [0.25, 0.3) is 0 Å². The molecule has 1 atom stereocenters. The first kappa shape index (κ1) is 16.1. The minimum atomic E-state index is -1.17. The highest BCUT2D eigenvalue weighted by Crippen LogP contribution is 2.02. The number of carbonyl (C=O) groups excluding carboxylic acids is 2. The summed E-state index contributed by atoms with van der Waals surface area (Å²) < 4.78 is 4.42. The van der Waals surface area contributed by atoms with E-state index in [4.69, 9.17) is 5.11 Å². The van der Waals surface area contributed by atoms with Crippen molar-refractivity contribution in [3.63, 3.8) is 0 Å². The Labute approximate surface area is 106 Å². The van der Waals surface area contributed by atoms with Crippen LogP contribution in [0.15, 0.2) is 11.6 Å². The number of carbonyl (C=O) groups is 3. The van der Waals surface area contributed by atoms with Crippen molar-refractivity contribution in [1.29, 1.82) is 0 Å². The molecule has 0 unspecified atom stereocenters. The highest BCUT2D eigenvalue weighted by Gasteiger charge is 2.21. The van der Waals surface area contributed by atoms with Crippen LogP contribution in [0, 0.1) is 0 Å². The number of rotatable bonds is 7. The molecule has 0 rings (SSSR count). The molecule has 0 aliphatic heterocycles. The molecule has 0 aliphatic carbocycles. The number of aliphatic carboxylic acids is 1. The summed E-state index contributed by atoms with van der Waals surface area (Å²) in [4.78, 5) is 33.5. The van der Waals surface area contributed by atoms with Crippen LogP contribution in [-0.4, -0.2) is 36.1 Å². The molecule has 0 saturated heterocycles. The number of carboxylic acids is 1. The fourth-order valence-electron chi connectivity index (χ4n) is 1.29. The van der Waals surface area contributed by atoms with Crippen LogP contribution in [0.3, 0.4) is 0 Å². The summed E-state index contributed by atoms with van der Waals surface area (Å²) in [6, 6.07) is -1.09. The van der Waals surface area contributed by atoms with Gasteiger partial charge in [0.25, 0.3) is 0 Å². The third kappa shape index (κ3) is 6.03. The molecule has 18 heavy (non-hydrogen) atoms. The van der Waals surface area contributed by atoms with Crippen molar-refractivity contribution in [2.75, 3.05) is 7.11 Å². The van der Waals surface area contributed by atoms with Gasteiger partial charge in [-0.05, 0) is 19.8 Å². The molecule has 0 bridgehead atoms. The lowest BCUT2D eigenvalue weighted by Crippen LogP contribution is -2.41. The molecule has 0 saturated carbocycles. The molecular weight excluding hydrogens is 238 g/mol. The molecule has 0 spiro atoms. The monoisotopic (exact) mass is 257 g/mol. The van der Waals surface area contributed by atoms with Gasteiger partial charge in [0.1, 0.15) is 6.04 Å². The number of methoxy groups -OCH3 is 1. The van der Waals surface area contributed by atoms with Crippen LogP contribution in [0.4, 0.5) is 0 Å². The first-order chi connectivity index (χ1) is 8.42. The molecule has 0 aromatic carbocycles. The summed E-state index contributed by atoms with van der Waals surface area (Å²) in [7, 11) is 1.23. The third-order valence-corrected chi connectivity index (χ3v) is 2.34. The van der Waals surface area contributed by atoms with E-state index < -0.39 is 23.9 Å². The van der Waals surface area contributed by atoms with Crippen LogP contribution in [0.1, 0.15) is 33.1 Å². The second kappa shape index (κ2) is 8.27. The van der Waals surface area contributed by atoms with E-state index in [9.17, 15) is 14.4 Å². The second-order valence-electron chi connectivity index (χ2n) is 3.77. The molecule has 102 valence electrons. The van der Waals surface area contributed by atoms with Crippen molar-refractivity contribution in [2.45, 2.75) is 39.2 Å². The maximum Gasteiger partial charge on any atom is 0.326 e. The molecule has 0 aromatic heterocycles. The predicted molar refractivity (Wildman–Crippen MR) is 64.9 cm³/mol. The van der Waals surface area contributed by atoms with Gasteiger partial charge < -0.3 is 15.2 Å². The number of carboxylic acid groups (broad SMARTS) is 1.